The zero-order valence-electron chi connectivity index (χ0n) is 15.7. The van der Waals surface area contributed by atoms with Crippen molar-refractivity contribution < 1.29 is 9.53 Å². The lowest BCUT2D eigenvalue weighted by Crippen LogP contribution is -2.24. The number of aromatic nitrogens is 2. The summed E-state index contributed by atoms with van der Waals surface area (Å²) < 4.78 is 5.59. The lowest BCUT2D eigenvalue weighted by atomic mass is 9.88. The number of ether oxygens (including phenoxy) is 1. The molecule has 2 aromatic rings. The van der Waals surface area contributed by atoms with Crippen LogP contribution in [0.25, 0.3) is 11.4 Å². The fourth-order valence-electron chi connectivity index (χ4n) is 3.30. The van der Waals surface area contributed by atoms with Gasteiger partial charge in [-0.25, -0.2) is 14.8 Å². The molecule has 1 aliphatic rings. The Bertz CT molecular complexity index is 786. The molecule has 5 heteroatoms. The summed E-state index contributed by atoms with van der Waals surface area (Å²) in [7, 11) is 0. The molecule has 1 aromatic carbocycles. The lowest BCUT2D eigenvalue weighted by Gasteiger charge is -2.24. The van der Waals surface area contributed by atoms with Crippen molar-refractivity contribution in [1.82, 2.24) is 9.97 Å². The van der Waals surface area contributed by atoms with Gasteiger partial charge in [0.05, 0.1) is 11.6 Å². The number of unbranched alkanes of at least 4 members (excludes halogenated alkanes) is 1. The van der Waals surface area contributed by atoms with Crippen LogP contribution in [-0.2, 0) is 11.2 Å². The third-order valence-corrected chi connectivity index (χ3v) is 5.03. The maximum absolute atomic E-state index is 12.3. The fourth-order valence-corrected chi connectivity index (χ4v) is 3.30. The number of nitriles is 1. The number of hydrogen-bond acceptors (Lipinski definition) is 5. The molecule has 0 saturated heterocycles. The minimum absolute atomic E-state index is 0.0826. The van der Waals surface area contributed by atoms with Gasteiger partial charge in [0, 0.05) is 23.9 Å². The Labute approximate surface area is 160 Å². The first kappa shape index (κ1) is 19.0. The Morgan fingerprint density at radius 2 is 1.81 bits per heavy atom. The SMILES string of the molecule is CCCCc1cnc(-c2ccc(C(=O)OC3CCC(C#N)CC3)cc2)nc1. The summed E-state index contributed by atoms with van der Waals surface area (Å²) in [5.74, 6) is 0.454. The van der Waals surface area contributed by atoms with Crippen LogP contribution in [0.5, 0.6) is 0 Å². The van der Waals surface area contributed by atoms with Gasteiger partial charge in [-0.15, -0.1) is 0 Å². The van der Waals surface area contributed by atoms with Gasteiger partial charge in [0.2, 0.25) is 0 Å². The number of carbonyl (C=O) groups is 1. The van der Waals surface area contributed by atoms with Crippen molar-refractivity contribution in [2.24, 2.45) is 5.92 Å². The summed E-state index contributed by atoms with van der Waals surface area (Å²) in [4.78, 5) is 21.2. The van der Waals surface area contributed by atoms with Crippen LogP contribution < -0.4 is 0 Å². The first-order valence-electron chi connectivity index (χ1n) is 9.71. The van der Waals surface area contributed by atoms with Crippen molar-refractivity contribution in [3.8, 4) is 17.5 Å². The number of aryl methyl sites for hydroxylation is 1. The average molecular weight is 363 g/mol. The van der Waals surface area contributed by atoms with Gasteiger partial charge in [-0.2, -0.15) is 5.26 Å². The molecule has 1 aromatic heterocycles. The van der Waals surface area contributed by atoms with Gasteiger partial charge < -0.3 is 4.74 Å². The molecule has 1 heterocycles. The zero-order valence-corrected chi connectivity index (χ0v) is 15.7. The number of carbonyl (C=O) groups excluding carboxylic acids is 1. The molecule has 0 amide bonds. The topological polar surface area (TPSA) is 75.9 Å². The fraction of sp³-hybridized carbons (Fsp3) is 0.455. The second-order valence-corrected chi connectivity index (χ2v) is 7.10. The summed E-state index contributed by atoms with van der Waals surface area (Å²) >= 11 is 0. The Kier molecular flexibility index (Phi) is 6.54. The van der Waals surface area contributed by atoms with Crippen LogP contribution >= 0.6 is 0 Å². The quantitative estimate of drug-likeness (QED) is 0.694. The standard InChI is InChI=1S/C22H25N3O2/c1-2-3-4-17-14-24-21(25-15-17)18-7-9-19(10-8-18)22(26)27-20-11-5-16(13-23)6-12-20/h7-10,14-16,20H,2-6,11-12H2,1H3. The molecule has 0 spiro atoms. The molecule has 0 aliphatic heterocycles. The number of benzene rings is 1. The minimum Gasteiger partial charge on any atom is -0.459 e. The predicted molar refractivity (Wildman–Crippen MR) is 103 cm³/mol. The summed E-state index contributed by atoms with van der Waals surface area (Å²) in [6.07, 6.45) is 10.1. The van der Waals surface area contributed by atoms with E-state index in [2.05, 4.69) is 23.0 Å². The predicted octanol–water partition coefficient (Wildman–Crippen LogP) is 4.73. The van der Waals surface area contributed by atoms with E-state index in [1.54, 1.807) is 12.1 Å². The Morgan fingerprint density at radius 3 is 2.41 bits per heavy atom. The summed E-state index contributed by atoms with van der Waals surface area (Å²) in [6.45, 7) is 2.17. The van der Waals surface area contributed by atoms with E-state index in [0.717, 1.165) is 56.1 Å². The summed E-state index contributed by atoms with van der Waals surface area (Å²) in [5.41, 5.74) is 2.55. The third kappa shape index (κ3) is 5.13. The number of hydrogen-bond donors (Lipinski definition) is 0. The highest BCUT2D eigenvalue weighted by Crippen LogP contribution is 2.26. The molecule has 140 valence electrons. The van der Waals surface area contributed by atoms with E-state index >= 15 is 0 Å². The van der Waals surface area contributed by atoms with Crippen LogP contribution in [-0.4, -0.2) is 22.0 Å². The Balaban J connectivity index is 1.58. The molecule has 3 rings (SSSR count). The normalized spacial score (nSPS) is 19.3. The highest BCUT2D eigenvalue weighted by atomic mass is 16.5. The Morgan fingerprint density at radius 1 is 1.15 bits per heavy atom. The average Bonchev–Trinajstić information content (AvgIpc) is 2.73. The largest absolute Gasteiger partial charge is 0.459 e. The summed E-state index contributed by atoms with van der Waals surface area (Å²) in [6, 6.07) is 9.51. The van der Waals surface area contributed by atoms with E-state index in [-0.39, 0.29) is 18.0 Å². The third-order valence-electron chi connectivity index (χ3n) is 5.03. The first-order valence-corrected chi connectivity index (χ1v) is 9.71. The van der Waals surface area contributed by atoms with Gasteiger partial charge in [0.1, 0.15) is 6.10 Å². The Hall–Kier alpha value is -2.74. The molecular weight excluding hydrogens is 338 g/mol. The van der Waals surface area contributed by atoms with Gasteiger partial charge in [-0.05, 0) is 56.2 Å². The van der Waals surface area contributed by atoms with Crippen molar-refractivity contribution >= 4 is 5.97 Å². The van der Waals surface area contributed by atoms with Crippen LogP contribution in [0.3, 0.4) is 0 Å². The van der Waals surface area contributed by atoms with Gasteiger partial charge in [-0.1, -0.05) is 25.5 Å². The maximum atomic E-state index is 12.3. The van der Waals surface area contributed by atoms with E-state index in [9.17, 15) is 4.79 Å². The van der Waals surface area contributed by atoms with Crippen molar-refractivity contribution in [3.05, 3.63) is 47.8 Å². The molecule has 0 unspecified atom stereocenters. The first-order chi connectivity index (χ1) is 13.2. The van der Waals surface area contributed by atoms with Crippen molar-refractivity contribution in [2.45, 2.75) is 58.0 Å². The number of nitrogens with zero attached hydrogens (tertiary/aromatic N) is 3. The molecule has 27 heavy (non-hydrogen) atoms. The molecule has 1 saturated carbocycles. The lowest BCUT2D eigenvalue weighted by molar-refractivity contribution is 0.0187. The smallest absolute Gasteiger partial charge is 0.338 e. The van der Waals surface area contributed by atoms with Crippen LogP contribution in [0.4, 0.5) is 0 Å². The monoisotopic (exact) mass is 363 g/mol. The van der Waals surface area contributed by atoms with Crippen LogP contribution in [0.2, 0.25) is 0 Å². The van der Waals surface area contributed by atoms with Crippen LogP contribution in [0, 0.1) is 17.2 Å². The van der Waals surface area contributed by atoms with Crippen molar-refractivity contribution in [3.63, 3.8) is 0 Å². The van der Waals surface area contributed by atoms with Crippen LogP contribution in [0.15, 0.2) is 36.7 Å². The van der Waals surface area contributed by atoms with Crippen molar-refractivity contribution in [1.29, 1.82) is 5.26 Å². The number of esters is 1. The minimum atomic E-state index is -0.308. The second-order valence-electron chi connectivity index (χ2n) is 7.10. The molecular formula is C22H25N3O2. The molecule has 0 bridgehead atoms. The highest BCUT2D eigenvalue weighted by Gasteiger charge is 2.24. The molecule has 0 N–H and O–H groups in total. The van der Waals surface area contributed by atoms with E-state index in [4.69, 9.17) is 10.00 Å². The van der Waals surface area contributed by atoms with E-state index < -0.39 is 0 Å². The zero-order chi connectivity index (χ0) is 19.1. The highest BCUT2D eigenvalue weighted by molar-refractivity contribution is 5.90. The molecule has 0 atom stereocenters. The maximum Gasteiger partial charge on any atom is 0.338 e. The van der Waals surface area contributed by atoms with E-state index in [0.29, 0.717) is 11.4 Å². The molecule has 5 nitrogen and oxygen atoms in total. The molecule has 1 aliphatic carbocycles. The van der Waals surface area contributed by atoms with Gasteiger partial charge >= 0.3 is 5.97 Å². The second kappa shape index (κ2) is 9.27. The molecule has 1 fully saturated rings. The molecule has 0 radical (unpaired) electrons. The number of rotatable bonds is 6. The van der Waals surface area contributed by atoms with E-state index in [1.807, 2.05) is 24.5 Å². The van der Waals surface area contributed by atoms with Gasteiger partial charge in [-0.3, -0.25) is 0 Å². The van der Waals surface area contributed by atoms with E-state index in [1.165, 1.54) is 0 Å². The van der Waals surface area contributed by atoms with Crippen molar-refractivity contribution in [2.75, 3.05) is 0 Å². The van der Waals surface area contributed by atoms with Gasteiger partial charge in [0.15, 0.2) is 5.82 Å². The van der Waals surface area contributed by atoms with Crippen LogP contribution in [0.1, 0.15) is 61.4 Å². The van der Waals surface area contributed by atoms with Gasteiger partial charge in [0.25, 0.3) is 0 Å². The summed E-state index contributed by atoms with van der Waals surface area (Å²) in [5, 5.41) is 8.94.